The third-order valence-corrected chi connectivity index (χ3v) is 2.92. The molecule has 0 saturated heterocycles. The average molecular weight is 255 g/mol. The van der Waals surface area contributed by atoms with Crippen LogP contribution in [0.2, 0.25) is 0 Å². The number of halogens is 5. The number of alkyl halides is 5. The zero-order valence-corrected chi connectivity index (χ0v) is 8.55. The van der Waals surface area contributed by atoms with Crippen LogP contribution in [0.5, 0.6) is 0 Å². The fourth-order valence-corrected chi connectivity index (χ4v) is 1.69. The number of hydrogen-bond donors (Lipinski definition) is 0. The zero-order valence-electron chi connectivity index (χ0n) is 7.73. The molecule has 3 nitrogen and oxygen atoms in total. The third-order valence-electron chi connectivity index (χ3n) is 1.74. The fourth-order valence-electron chi connectivity index (χ4n) is 0.942. The minimum Gasteiger partial charge on any atom is -0.743 e. The summed E-state index contributed by atoms with van der Waals surface area (Å²) in [5.74, 6) is 0. The summed E-state index contributed by atoms with van der Waals surface area (Å²) >= 11 is 0. The monoisotopic (exact) mass is 255 g/mol. The second-order valence-electron chi connectivity index (χ2n) is 3.65. The van der Waals surface area contributed by atoms with Crippen molar-refractivity contribution in [2.24, 2.45) is 5.41 Å². The lowest BCUT2D eigenvalue weighted by Gasteiger charge is -2.35. The molecule has 0 aromatic carbocycles. The quantitative estimate of drug-likeness (QED) is 0.573. The maximum Gasteiger partial charge on any atom is 0.389 e. The van der Waals surface area contributed by atoms with Gasteiger partial charge in [0.25, 0.3) is 0 Å². The molecule has 0 rings (SSSR count). The highest BCUT2D eigenvalue weighted by molar-refractivity contribution is 7.86. The molecule has 0 aliphatic heterocycles. The lowest BCUT2D eigenvalue weighted by Crippen LogP contribution is -2.45. The van der Waals surface area contributed by atoms with Crippen molar-refractivity contribution in [3.05, 3.63) is 0 Å². The van der Waals surface area contributed by atoms with Crippen molar-refractivity contribution in [2.75, 3.05) is 0 Å². The summed E-state index contributed by atoms with van der Waals surface area (Å²) in [4.78, 5) is 0. The minimum atomic E-state index is -6.12. The lowest BCUT2D eigenvalue weighted by molar-refractivity contribution is -0.180. The molecule has 0 radical (unpaired) electrons. The Morgan fingerprint density at radius 3 is 1.60 bits per heavy atom. The van der Waals surface area contributed by atoms with E-state index in [0.717, 1.165) is 0 Å². The SMILES string of the molecule is CC(C)(CC(F)(F)F)C(F)(F)S(=O)(=O)[O-]. The van der Waals surface area contributed by atoms with Crippen LogP contribution in [0.15, 0.2) is 0 Å². The van der Waals surface area contributed by atoms with Gasteiger partial charge in [-0.05, 0) is 0 Å². The number of rotatable bonds is 3. The van der Waals surface area contributed by atoms with Crippen LogP contribution >= 0.6 is 0 Å². The van der Waals surface area contributed by atoms with Crippen molar-refractivity contribution in [2.45, 2.75) is 31.7 Å². The molecule has 0 fully saturated rings. The highest BCUT2D eigenvalue weighted by atomic mass is 32.2. The van der Waals surface area contributed by atoms with Crippen LogP contribution in [-0.2, 0) is 10.1 Å². The van der Waals surface area contributed by atoms with Crippen molar-refractivity contribution < 1.29 is 34.9 Å². The smallest absolute Gasteiger partial charge is 0.389 e. The van der Waals surface area contributed by atoms with E-state index in [9.17, 15) is 34.9 Å². The standard InChI is InChI=1S/C6H9F5O3S/c1-4(2,3-5(7,8)9)6(10,11)15(12,13)14/h3H2,1-2H3,(H,12,13,14)/p-1. The molecule has 0 N–H and O–H groups in total. The second kappa shape index (κ2) is 3.55. The molecule has 0 heterocycles. The van der Waals surface area contributed by atoms with Gasteiger partial charge >= 0.3 is 11.4 Å². The first-order valence-corrected chi connectivity index (χ1v) is 5.01. The van der Waals surface area contributed by atoms with Crippen LogP contribution in [0.3, 0.4) is 0 Å². The van der Waals surface area contributed by atoms with Crippen LogP contribution in [0, 0.1) is 5.41 Å². The Balaban J connectivity index is 5.21. The molecule has 0 unspecified atom stereocenters. The van der Waals surface area contributed by atoms with Crippen LogP contribution in [0.1, 0.15) is 20.3 Å². The highest BCUT2D eigenvalue weighted by Crippen LogP contribution is 2.46. The first-order chi connectivity index (χ1) is 6.21. The van der Waals surface area contributed by atoms with E-state index in [2.05, 4.69) is 0 Å². The summed E-state index contributed by atoms with van der Waals surface area (Å²) in [7, 11) is -6.12. The molecule has 15 heavy (non-hydrogen) atoms. The minimum absolute atomic E-state index is 0.371. The highest BCUT2D eigenvalue weighted by Gasteiger charge is 2.56. The first-order valence-electron chi connectivity index (χ1n) is 3.61. The Morgan fingerprint density at radius 2 is 1.40 bits per heavy atom. The van der Waals surface area contributed by atoms with Gasteiger partial charge in [-0.1, -0.05) is 13.8 Å². The average Bonchev–Trinajstić information content (AvgIpc) is 1.77. The molecule has 0 aliphatic carbocycles. The summed E-state index contributed by atoms with van der Waals surface area (Å²) in [6.45, 7) is 0.742. The van der Waals surface area contributed by atoms with E-state index in [0.29, 0.717) is 13.8 Å². The second-order valence-corrected chi connectivity index (χ2v) is 5.07. The van der Waals surface area contributed by atoms with E-state index < -0.39 is 33.4 Å². The van der Waals surface area contributed by atoms with Crippen LogP contribution in [0.4, 0.5) is 22.0 Å². The summed E-state index contributed by atoms with van der Waals surface area (Å²) in [5, 5.41) is -4.96. The van der Waals surface area contributed by atoms with Gasteiger partial charge in [0.2, 0.25) is 0 Å². The third kappa shape index (κ3) is 3.26. The van der Waals surface area contributed by atoms with Crippen LogP contribution in [0.25, 0.3) is 0 Å². The van der Waals surface area contributed by atoms with Gasteiger partial charge in [0.05, 0.1) is 11.8 Å². The summed E-state index contributed by atoms with van der Waals surface area (Å²) < 4.78 is 91.5. The van der Waals surface area contributed by atoms with E-state index in [1.807, 2.05) is 0 Å². The molecule has 9 heteroatoms. The van der Waals surface area contributed by atoms with Crippen molar-refractivity contribution in [1.29, 1.82) is 0 Å². The Labute approximate surface area is 83.0 Å². The van der Waals surface area contributed by atoms with Gasteiger partial charge in [-0.15, -0.1) is 0 Å². The maximum atomic E-state index is 12.8. The molecule has 0 aliphatic rings. The molecule has 0 aromatic heterocycles. The van der Waals surface area contributed by atoms with Crippen LogP contribution in [-0.4, -0.2) is 24.4 Å². The van der Waals surface area contributed by atoms with Crippen molar-refractivity contribution in [1.82, 2.24) is 0 Å². The van der Waals surface area contributed by atoms with Crippen molar-refractivity contribution >= 4 is 10.1 Å². The molecule has 0 bridgehead atoms. The summed E-state index contributed by atoms with van der Waals surface area (Å²) in [5.41, 5.74) is -2.99. The van der Waals surface area contributed by atoms with E-state index in [-0.39, 0.29) is 0 Å². The van der Waals surface area contributed by atoms with E-state index >= 15 is 0 Å². The predicted octanol–water partition coefficient (Wildman–Crippen LogP) is 2.10. The van der Waals surface area contributed by atoms with Gasteiger partial charge in [-0.3, -0.25) is 0 Å². The molecule has 92 valence electrons. The van der Waals surface area contributed by atoms with Gasteiger partial charge in [-0.25, -0.2) is 8.42 Å². The van der Waals surface area contributed by atoms with Crippen LogP contribution < -0.4 is 0 Å². The predicted molar refractivity (Wildman–Crippen MR) is 39.1 cm³/mol. The van der Waals surface area contributed by atoms with Gasteiger partial charge in [0, 0.05) is 0 Å². The molecule has 0 saturated carbocycles. The Bertz CT molecular complexity index is 329. The zero-order chi connectivity index (χ0) is 12.7. The Morgan fingerprint density at radius 1 is 1.07 bits per heavy atom. The molecule has 0 spiro atoms. The Hall–Kier alpha value is -0.440. The molecule has 0 atom stereocenters. The van der Waals surface area contributed by atoms with Gasteiger partial charge in [0.1, 0.15) is 0 Å². The van der Waals surface area contributed by atoms with Gasteiger partial charge in [0.15, 0.2) is 10.1 Å². The summed E-state index contributed by atoms with van der Waals surface area (Å²) in [6.07, 6.45) is -7.04. The molecule has 0 amide bonds. The largest absolute Gasteiger partial charge is 0.743 e. The fraction of sp³-hybridized carbons (Fsp3) is 1.00. The maximum absolute atomic E-state index is 12.8. The normalized spacial score (nSPS) is 15.5. The van der Waals surface area contributed by atoms with Crippen molar-refractivity contribution in [3.8, 4) is 0 Å². The lowest BCUT2D eigenvalue weighted by atomic mass is 9.89. The Kier molecular flexibility index (Phi) is 3.44. The van der Waals surface area contributed by atoms with Gasteiger partial charge in [-0.2, -0.15) is 22.0 Å². The summed E-state index contributed by atoms with van der Waals surface area (Å²) in [6, 6.07) is 0. The van der Waals surface area contributed by atoms with Gasteiger partial charge < -0.3 is 4.55 Å². The topological polar surface area (TPSA) is 57.2 Å². The first kappa shape index (κ1) is 14.6. The van der Waals surface area contributed by atoms with E-state index in [4.69, 9.17) is 0 Å². The van der Waals surface area contributed by atoms with E-state index in [1.54, 1.807) is 0 Å². The van der Waals surface area contributed by atoms with E-state index in [1.165, 1.54) is 0 Å². The molecular formula is C6H8F5O3S-. The van der Waals surface area contributed by atoms with Crippen molar-refractivity contribution in [3.63, 3.8) is 0 Å². The molecular weight excluding hydrogens is 247 g/mol. The molecule has 0 aromatic rings. The number of hydrogen-bond acceptors (Lipinski definition) is 3.